The van der Waals surface area contributed by atoms with Crippen LogP contribution in [0.15, 0.2) is 11.6 Å². The predicted octanol–water partition coefficient (Wildman–Crippen LogP) is 2.07. The van der Waals surface area contributed by atoms with Crippen LogP contribution in [0.25, 0.3) is 0 Å². The minimum atomic E-state index is -0.676. The van der Waals surface area contributed by atoms with Crippen LogP contribution in [0.5, 0.6) is 0 Å². The number of ether oxygens (including phenoxy) is 1. The maximum absolute atomic E-state index is 10.5. The van der Waals surface area contributed by atoms with E-state index in [1.807, 2.05) is 0 Å². The summed E-state index contributed by atoms with van der Waals surface area (Å²) in [4.78, 5) is 10.5. The molecule has 0 heterocycles. The molecule has 0 aromatic rings. The molecule has 1 fully saturated rings. The molecule has 3 aliphatic rings. The fraction of sp³-hybridized carbons (Fsp3) is 0.727. The Hall–Kier alpha value is -0.990. The molecule has 0 radical (unpaired) electrons. The van der Waals surface area contributed by atoms with Crippen molar-refractivity contribution in [3.8, 4) is 0 Å². The van der Waals surface area contributed by atoms with Gasteiger partial charge in [0, 0.05) is 0 Å². The van der Waals surface area contributed by atoms with Crippen LogP contribution in [0, 0.1) is 17.3 Å². The summed E-state index contributed by atoms with van der Waals surface area (Å²) in [7, 11) is 0. The van der Waals surface area contributed by atoms with E-state index in [2.05, 4.69) is 19.9 Å². The minimum absolute atomic E-state index is 0.385. The smallest absolute Gasteiger partial charge is 0.404 e. The maximum Gasteiger partial charge on any atom is 0.404 e. The molecule has 2 N–H and O–H groups in total. The van der Waals surface area contributed by atoms with E-state index in [9.17, 15) is 4.79 Å². The van der Waals surface area contributed by atoms with Crippen LogP contribution in [-0.2, 0) is 4.74 Å². The highest BCUT2D eigenvalue weighted by molar-refractivity contribution is 5.64. The van der Waals surface area contributed by atoms with E-state index in [4.69, 9.17) is 10.5 Å². The normalized spacial score (nSPS) is 32.9. The van der Waals surface area contributed by atoms with Gasteiger partial charge in [-0.05, 0) is 35.7 Å². The lowest BCUT2D eigenvalue weighted by Crippen LogP contribution is -2.48. The predicted molar refractivity (Wildman–Crippen MR) is 53.6 cm³/mol. The van der Waals surface area contributed by atoms with E-state index in [1.54, 1.807) is 0 Å². The van der Waals surface area contributed by atoms with Crippen LogP contribution in [0.4, 0.5) is 4.79 Å². The molecule has 0 saturated heterocycles. The SMILES string of the molecule is CC1(C)[C@H]2CC=C(COC(N)=O)[C@@H]1C2. The number of hydrogen-bond acceptors (Lipinski definition) is 2. The summed E-state index contributed by atoms with van der Waals surface area (Å²) in [6.07, 6.45) is 3.92. The fourth-order valence-electron chi connectivity index (χ4n) is 2.80. The number of nitrogens with two attached hydrogens (primary N) is 1. The topological polar surface area (TPSA) is 52.3 Å². The summed E-state index contributed by atoms with van der Waals surface area (Å²) in [5, 5.41) is 0. The Morgan fingerprint density at radius 3 is 2.93 bits per heavy atom. The molecule has 1 amide bonds. The Labute approximate surface area is 84.3 Å². The molecule has 0 spiro atoms. The first-order chi connectivity index (χ1) is 6.51. The van der Waals surface area contributed by atoms with Gasteiger partial charge in [0.25, 0.3) is 0 Å². The van der Waals surface area contributed by atoms with Gasteiger partial charge in [0.1, 0.15) is 6.61 Å². The summed E-state index contributed by atoms with van der Waals surface area (Å²) in [5.74, 6) is 1.42. The molecule has 14 heavy (non-hydrogen) atoms. The maximum atomic E-state index is 10.5. The second-order valence-corrected chi connectivity index (χ2v) is 4.93. The summed E-state index contributed by atoms with van der Waals surface area (Å²) < 4.78 is 4.84. The van der Waals surface area contributed by atoms with Crippen molar-refractivity contribution in [1.82, 2.24) is 0 Å². The lowest BCUT2D eigenvalue weighted by atomic mass is 9.49. The Morgan fingerprint density at radius 1 is 1.71 bits per heavy atom. The number of primary amides is 1. The highest BCUT2D eigenvalue weighted by atomic mass is 16.5. The number of allylic oxidation sites excluding steroid dienone is 1. The molecule has 78 valence electrons. The minimum Gasteiger partial charge on any atom is -0.445 e. The van der Waals surface area contributed by atoms with Crippen LogP contribution in [0.3, 0.4) is 0 Å². The number of hydrogen-bond donors (Lipinski definition) is 1. The van der Waals surface area contributed by atoms with Gasteiger partial charge < -0.3 is 10.5 Å². The van der Waals surface area contributed by atoms with Gasteiger partial charge in [0.2, 0.25) is 0 Å². The molecule has 0 unspecified atom stereocenters. The van der Waals surface area contributed by atoms with E-state index < -0.39 is 6.09 Å². The molecule has 0 aliphatic heterocycles. The lowest BCUT2D eigenvalue weighted by molar-refractivity contribution is -0.0132. The van der Waals surface area contributed by atoms with Crippen molar-refractivity contribution in [3.05, 3.63) is 11.6 Å². The van der Waals surface area contributed by atoms with Gasteiger partial charge in [-0.25, -0.2) is 4.79 Å². The van der Waals surface area contributed by atoms with Crippen LogP contribution >= 0.6 is 0 Å². The van der Waals surface area contributed by atoms with E-state index >= 15 is 0 Å². The third kappa shape index (κ3) is 1.31. The average molecular weight is 195 g/mol. The lowest BCUT2D eigenvalue weighted by Gasteiger charge is -2.56. The Balaban J connectivity index is 2.00. The molecule has 3 nitrogen and oxygen atoms in total. The van der Waals surface area contributed by atoms with Crippen LogP contribution in [0.2, 0.25) is 0 Å². The Bertz CT molecular complexity index is 294. The zero-order valence-corrected chi connectivity index (χ0v) is 8.75. The van der Waals surface area contributed by atoms with Gasteiger partial charge in [-0.15, -0.1) is 0 Å². The number of carbonyl (C=O) groups excluding carboxylic acids is 1. The quantitative estimate of drug-likeness (QED) is 0.686. The van der Waals surface area contributed by atoms with E-state index in [0.717, 1.165) is 12.3 Å². The van der Waals surface area contributed by atoms with Gasteiger partial charge in [-0.2, -0.15) is 0 Å². The average Bonchev–Trinajstić information content (AvgIpc) is 2.14. The third-order valence-electron chi connectivity index (χ3n) is 3.96. The summed E-state index contributed by atoms with van der Waals surface area (Å²) in [6, 6.07) is 0. The summed E-state index contributed by atoms with van der Waals surface area (Å²) in [5.41, 5.74) is 6.60. The number of carbonyl (C=O) groups is 1. The highest BCUT2D eigenvalue weighted by Gasteiger charge is 2.51. The van der Waals surface area contributed by atoms with E-state index in [1.165, 1.54) is 12.0 Å². The molecular formula is C11H17NO2. The second-order valence-electron chi connectivity index (χ2n) is 4.93. The molecule has 0 aromatic carbocycles. The molecule has 1 saturated carbocycles. The zero-order chi connectivity index (χ0) is 10.3. The van der Waals surface area contributed by atoms with Crippen molar-refractivity contribution >= 4 is 6.09 Å². The molecule has 0 aromatic heterocycles. The van der Waals surface area contributed by atoms with Crippen molar-refractivity contribution < 1.29 is 9.53 Å². The standard InChI is InChI=1S/C11H17NO2/c1-11(2)8-4-3-7(9(11)5-8)6-14-10(12)13/h3,8-9H,4-6H2,1-2H3,(H2,12,13)/t8-,9-/m0/s1. The second kappa shape index (κ2) is 3.01. The van der Waals surface area contributed by atoms with Crippen molar-refractivity contribution in [2.75, 3.05) is 6.61 Å². The summed E-state index contributed by atoms with van der Waals surface area (Å²) >= 11 is 0. The van der Waals surface area contributed by atoms with Crippen molar-refractivity contribution in [2.45, 2.75) is 26.7 Å². The number of fused-ring (bicyclic) bond motifs is 1. The van der Waals surface area contributed by atoms with Gasteiger partial charge in [0.15, 0.2) is 0 Å². The monoisotopic (exact) mass is 195 g/mol. The van der Waals surface area contributed by atoms with Crippen molar-refractivity contribution in [2.24, 2.45) is 23.0 Å². The van der Waals surface area contributed by atoms with Gasteiger partial charge in [-0.1, -0.05) is 19.9 Å². The number of amides is 1. The zero-order valence-electron chi connectivity index (χ0n) is 8.75. The summed E-state index contributed by atoms with van der Waals surface area (Å²) in [6.45, 7) is 4.97. The Kier molecular flexibility index (Phi) is 2.05. The highest BCUT2D eigenvalue weighted by Crippen LogP contribution is 2.59. The molecule has 2 bridgehead atoms. The molecule has 2 atom stereocenters. The third-order valence-corrected chi connectivity index (χ3v) is 3.96. The molecule has 3 heteroatoms. The van der Waals surface area contributed by atoms with Crippen LogP contribution < -0.4 is 5.73 Å². The van der Waals surface area contributed by atoms with Crippen molar-refractivity contribution in [1.29, 1.82) is 0 Å². The van der Waals surface area contributed by atoms with Crippen LogP contribution in [0.1, 0.15) is 26.7 Å². The van der Waals surface area contributed by atoms with Crippen molar-refractivity contribution in [3.63, 3.8) is 0 Å². The van der Waals surface area contributed by atoms with E-state index in [-0.39, 0.29) is 0 Å². The number of rotatable bonds is 2. The van der Waals surface area contributed by atoms with E-state index in [0.29, 0.717) is 17.9 Å². The van der Waals surface area contributed by atoms with Gasteiger partial charge in [-0.3, -0.25) is 0 Å². The van der Waals surface area contributed by atoms with Gasteiger partial charge >= 0.3 is 6.09 Å². The first-order valence-electron chi connectivity index (χ1n) is 5.13. The first kappa shape index (κ1) is 9.56. The Morgan fingerprint density at radius 2 is 2.43 bits per heavy atom. The largest absolute Gasteiger partial charge is 0.445 e. The molecular weight excluding hydrogens is 178 g/mol. The molecule has 3 rings (SSSR count). The van der Waals surface area contributed by atoms with Gasteiger partial charge in [0.05, 0.1) is 0 Å². The first-order valence-corrected chi connectivity index (χ1v) is 5.13. The fourth-order valence-corrected chi connectivity index (χ4v) is 2.80. The van der Waals surface area contributed by atoms with Crippen LogP contribution in [-0.4, -0.2) is 12.7 Å². The molecule has 3 aliphatic carbocycles.